The van der Waals surface area contributed by atoms with E-state index in [0.29, 0.717) is 11.9 Å². The molecule has 1 atom stereocenters. The van der Waals surface area contributed by atoms with E-state index in [1.165, 1.54) is 5.75 Å². The molecule has 2 rings (SSSR count). The van der Waals surface area contributed by atoms with Crippen LogP contribution in [0.15, 0.2) is 12.4 Å². The second-order valence-corrected chi connectivity index (χ2v) is 4.63. The first kappa shape index (κ1) is 10.7. The smallest absolute Gasteiger partial charge is 0.216 e. The van der Waals surface area contributed by atoms with Crippen molar-refractivity contribution < 1.29 is 4.74 Å². The molecule has 1 unspecified atom stereocenters. The average molecular weight is 225 g/mol. The van der Waals surface area contributed by atoms with Crippen molar-refractivity contribution in [3.8, 4) is 5.88 Å². The zero-order valence-corrected chi connectivity index (χ0v) is 9.59. The standard InChI is InChI=1S/C10H15N3OS/c1-14-10-5-8(12-7-13-10)4-9-6-15-3-2-11-9/h5,7,9,11H,2-4,6H2,1H3. The zero-order valence-electron chi connectivity index (χ0n) is 8.77. The van der Waals surface area contributed by atoms with Gasteiger partial charge >= 0.3 is 0 Å². The quantitative estimate of drug-likeness (QED) is 0.822. The van der Waals surface area contributed by atoms with Crippen LogP contribution in [0.25, 0.3) is 0 Å². The summed E-state index contributed by atoms with van der Waals surface area (Å²) in [6.07, 6.45) is 2.51. The molecule has 0 saturated carbocycles. The molecule has 0 aliphatic carbocycles. The van der Waals surface area contributed by atoms with Gasteiger partial charge < -0.3 is 10.1 Å². The number of nitrogens with zero attached hydrogens (tertiary/aromatic N) is 2. The molecule has 82 valence electrons. The van der Waals surface area contributed by atoms with E-state index < -0.39 is 0 Å². The monoisotopic (exact) mass is 225 g/mol. The number of aromatic nitrogens is 2. The minimum atomic E-state index is 0.531. The number of nitrogens with one attached hydrogen (secondary N) is 1. The fraction of sp³-hybridized carbons (Fsp3) is 0.600. The maximum Gasteiger partial charge on any atom is 0.216 e. The van der Waals surface area contributed by atoms with Crippen LogP contribution in [-0.4, -0.2) is 41.2 Å². The Morgan fingerprint density at radius 2 is 2.53 bits per heavy atom. The summed E-state index contributed by atoms with van der Waals surface area (Å²) in [5.74, 6) is 3.01. The summed E-state index contributed by atoms with van der Waals surface area (Å²) in [5, 5.41) is 3.48. The number of hydrogen-bond donors (Lipinski definition) is 1. The maximum absolute atomic E-state index is 5.07. The summed E-state index contributed by atoms with van der Waals surface area (Å²) in [5.41, 5.74) is 1.04. The van der Waals surface area contributed by atoms with E-state index in [2.05, 4.69) is 15.3 Å². The van der Waals surface area contributed by atoms with Crippen LogP contribution < -0.4 is 10.1 Å². The van der Waals surface area contributed by atoms with Crippen molar-refractivity contribution in [1.29, 1.82) is 0 Å². The minimum Gasteiger partial charge on any atom is -0.481 e. The van der Waals surface area contributed by atoms with Crippen LogP contribution in [0.4, 0.5) is 0 Å². The molecule has 15 heavy (non-hydrogen) atoms. The molecule has 2 heterocycles. The van der Waals surface area contributed by atoms with Crippen molar-refractivity contribution >= 4 is 11.8 Å². The van der Waals surface area contributed by atoms with Gasteiger partial charge in [0.2, 0.25) is 5.88 Å². The molecule has 1 aliphatic heterocycles. The molecule has 1 aliphatic rings. The van der Waals surface area contributed by atoms with E-state index in [9.17, 15) is 0 Å². The van der Waals surface area contributed by atoms with Gasteiger partial charge in [0.1, 0.15) is 6.33 Å². The van der Waals surface area contributed by atoms with Gasteiger partial charge in [0.25, 0.3) is 0 Å². The Kier molecular flexibility index (Phi) is 3.80. The lowest BCUT2D eigenvalue weighted by molar-refractivity contribution is 0.395. The number of rotatable bonds is 3. The third kappa shape index (κ3) is 3.07. The Balaban J connectivity index is 1.96. The van der Waals surface area contributed by atoms with Crippen LogP contribution in [0.5, 0.6) is 5.88 Å². The molecule has 1 aromatic rings. The van der Waals surface area contributed by atoms with Gasteiger partial charge in [-0.25, -0.2) is 9.97 Å². The fourth-order valence-corrected chi connectivity index (χ4v) is 2.55. The highest BCUT2D eigenvalue weighted by molar-refractivity contribution is 7.99. The van der Waals surface area contributed by atoms with Crippen molar-refractivity contribution in [2.45, 2.75) is 12.5 Å². The topological polar surface area (TPSA) is 47.0 Å². The van der Waals surface area contributed by atoms with Crippen molar-refractivity contribution in [3.63, 3.8) is 0 Å². The van der Waals surface area contributed by atoms with Crippen molar-refractivity contribution in [2.75, 3.05) is 25.2 Å². The molecule has 0 radical (unpaired) electrons. The first-order chi connectivity index (χ1) is 7.38. The van der Waals surface area contributed by atoms with E-state index >= 15 is 0 Å². The summed E-state index contributed by atoms with van der Waals surface area (Å²) >= 11 is 2.00. The molecule has 1 aromatic heterocycles. The molecule has 5 heteroatoms. The summed E-state index contributed by atoms with van der Waals surface area (Å²) in [7, 11) is 1.63. The Morgan fingerprint density at radius 1 is 1.60 bits per heavy atom. The molecule has 0 bridgehead atoms. The number of ether oxygens (including phenoxy) is 1. The van der Waals surface area contributed by atoms with E-state index in [0.717, 1.165) is 24.4 Å². The Morgan fingerprint density at radius 3 is 3.27 bits per heavy atom. The van der Waals surface area contributed by atoms with Gasteiger partial charge in [0, 0.05) is 42.3 Å². The van der Waals surface area contributed by atoms with Gasteiger partial charge in [0.05, 0.1) is 7.11 Å². The van der Waals surface area contributed by atoms with Crippen LogP contribution >= 0.6 is 11.8 Å². The Labute approximate surface area is 93.8 Å². The van der Waals surface area contributed by atoms with Gasteiger partial charge in [-0.3, -0.25) is 0 Å². The van der Waals surface area contributed by atoms with Gasteiger partial charge in [-0.15, -0.1) is 0 Å². The van der Waals surface area contributed by atoms with Crippen molar-refractivity contribution in [2.24, 2.45) is 0 Å². The number of methoxy groups -OCH3 is 1. The van der Waals surface area contributed by atoms with Gasteiger partial charge in [-0.05, 0) is 0 Å². The van der Waals surface area contributed by atoms with Crippen LogP contribution in [-0.2, 0) is 6.42 Å². The zero-order chi connectivity index (χ0) is 10.5. The van der Waals surface area contributed by atoms with E-state index in [1.807, 2.05) is 17.8 Å². The summed E-state index contributed by atoms with van der Waals surface area (Å²) < 4.78 is 5.07. The lowest BCUT2D eigenvalue weighted by Gasteiger charge is -2.22. The van der Waals surface area contributed by atoms with E-state index in [1.54, 1.807) is 13.4 Å². The van der Waals surface area contributed by atoms with E-state index in [4.69, 9.17) is 4.74 Å². The summed E-state index contributed by atoms with van der Waals surface area (Å²) in [6, 6.07) is 2.43. The maximum atomic E-state index is 5.07. The first-order valence-electron chi connectivity index (χ1n) is 5.04. The highest BCUT2D eigenvalue weighted by Crippen LogP contribution is 2.13. The third-order valence-corrected chi connectivity index (χ3v) is 3.49. The molecule has 4 nitrogen and oxygen atoms in total. The van der Waals surface area contributed by atoms with Gasteiger partial charge in [-0.2, -0.15) is 11.8 Å². The average Bonchev–Trinajstić information content (AvgIpc) is 2.31. The lowest BCUT2D eigenvalue weighted by Crippen LogP contribution is -2.39. The molecule has 0 aromatic carbocycles. The second-order valence-electron chi connectivity index (χ2n) is 3.48. The largest absolute Gasteiger partial charge is 0.481 e. The molecule has 1 N–H and O–H groups in total. The molecular weight excluding hydrogens is 210 g/mol. The normalized spacial score (nSPS) is 21.3. The van der Waals surface area contributed by atoms with Gasteiger partial charge in [-0.1, -0.05) is 0 Å². The first-order valence-corrected chi connectivity index (χ1v) is 6.20. The van der Waals surface area contributed by atoms with Crippen molar-refractivity contribution in [1.82, 2.24) is 15.3 Å². The van der Waals surface area contributed by atoms with Crippen LogP contribution in [0.3, 0.4) is 0 Å². The number of thioether (sulfide) groups is 1. The third-order valence-electron chi connectivity index (χ3n) is 2.36. The fourth-order valence-electron chi connectivity index (χ4n) is 1.60. The molecule has 0 spiro atoms. The predicted molar refractivity (Wildman–Crippen MR) is 61.4 cm³/mol. The summed E-state index contributed by atoms with van der Waals surface area (Å²) in [4.78, 5) is 8.23. The minimum absolute atomic E-state index is 0.531. The lowest BCUT2D eigenvalue weighted by atomic mass is 10.1. The molecule has 1 saturated heterocycles. The summed E-state index contributed by atoms with van der Waals surface area (Å²) in [6.45, 7) is 1.09. The van der Waals surface area contributed by atoms with Crippen LogP contribution in [0.2, 0.25) is 0 Å². The van der Waals surface area contributed by atoms with E-state index in [-0.39, 0.29) is 0 Å². The second kappa shape index (κ2) is 5.32. The Bertz CT molecular complexity index is 315. The van der Waals surface area contributed by atoms with Crippen LogP contribution in [0, 0.1) is 0 Å². The predicted octanol–water partition coefficient (Wildman–Crippen LogP) is 0.733. The van der Waals surface area contributed by atoms with Gasteiger partial charge in [0.15, 0.2) is 0 Å². The van der Waals surface area contributed by atoms with Crippen LogP contribution in [0.1, 0.15) is 5.69 Å². The number of hydrogen-bond acceptors (Lipinski definition) is 5. The molecule has 1 fully saturated rings. The SMILES string of the molecule is COc1cc(CC2CSCCN2)ncn1. The Hall–Kier alpha value is -0.810. The molecular formula is C10H15N3OS. The highest BCUT2D eigenvalue weighted by Gasteiger charge is 2.14. The molecule has 0 amide bonds. The van der Waals surface area contributed by atoms with Crippen molar-refractivity contribution in [3.05, 3.63) is 18.1 Å². The highest BCUT2D eigenvalue weighted by atomic mass is 32.2.